The topological polar surface area (TPSA) is 60.3 Å². The van der Waals surface area contributed by atoms with Crippen LogP contribution in [0.15, 0.2) is 45.7 Å². The van der Waals surface area contributed by atoms with Crippen molar-refractivity contribution in [2.75, 3.05) is 11.9 Å². The molecule has 1 amide bonds. The first-order chi connectivity index (χ1) is 12.0. The van der Waals surface area contributed by atoms with Gasteiger partial charge in [-0.2, -0.15) is 0 Å². The Morgan fingerprint density at radius 2 is 2.12 bits per heavy atom. The highest BCUT2D eigenvalue weighted by Crippen LogP contribution is 2.28. The van der Waals surface area contributed by atoms with Crippen molar-refractivity contribution in [3.05, 3.63) is 55.6 Å². The van der Waals surface area contributed by atoms with Gasteiger partial charge >= 0.3 is 4.87 Å². The molecule has 2 aromatic carbocycles. The number of hydrogen-bond acceptors (Lipinski definition) is 4. The van der Waals surface area contributed by atoms with Gasteiger partial charge in [-0.15, -0.1) is 0 Å². The third kappa shape index (κ3) is 4.05. The van der Waals surface area contributed by atoms with E-state index in [0.29, 0.717) is 27.5 Å². The van der Waals surface area contributed by atoms with Crippen molar-refractivity contribution in [3.63, 3.8) is 0 Å². The van der Waals surface area contributed by atoms with Gasteiger partial charge < -0.3 is 10.1 Å². The molecule has 0 saturated heterocycles. The highest BCUT2D eigenvalue weighted by molar-refractivity contribution is 9.10. The Labute approximate surface area is 161 Å². The fourth-order valence-corrected chi connectivity index (χ4v) is 4.17. The van der Waals surface area contributed by atoms with Crippen molar-refractivity contribution in [1.29, 1.82) is 0 Å². The van der Waals surface area contributed by atoms with E-state index in [2.05, 4.69) is 21.2 Å². The number of halogens is 2. The lowest BCUT2D eigenvalue weighted by Gasteiger charge is -2.09. The number of ether oxygens (including phenoxy) is 1. The summed E-state index contributed by atoms with van der Waals surface area (Å²) in [6, 6.07) is 10.5. The second-order valence-corrected chi connectivity index (χ2v) is 7.49. The van der Waals surface area contributed by atoms with Gasteiger partial charge in [0.2, 0.25) is 0 Å². The van der Waals surface area contributed by atoms with Crippen LogP contribution in [0.3, 0.4) is 0 Å². The summed E-state index contributed by atoms with van der Waals surface area (Å²) in [6.45, 7) is 2.41. The van der Waals surface area contributed by atoms with Crippen molar-refractivity contribution in [2.24, 2.45) is 0 Å². The van der Waals surface area contributed by atoms with E-state index < -0.39 is 0 Å². The molecule has 0 spiro atoms. The number of nitrogens with one attached hydrogen (secondary N) is 1. The molecule has 0 atom stereocenters. The molecule has 0 aliphatic carbocycles. The van der Waals surface area contributed by atoms with Gasteiger partial charge in [0.05, 0.1) is 14.7 Å². The van der Waals surface area contributed by atoms with Crippen LogP contribution < -0.4 is 14.9 Å². The van der Waals surface area contributed by atoms with Crippen LogP contribution in [0.25, 0.3) is 10.2 Å². The molecule has 3 rings (SSSR count). The van der Waals surface area contributed by atoms with Crippen LogP contribution in [-0.2, 0) is 11.3 Å². The normalized spacial score (nSPS) is 10.8. The van der Waals surface area contributed by atoms with Crippen LogP contribution in [0.5, 0.6) is 5.75 Å². The Kier molecular flexibility index (Phi) is 5.46. The number of hydrogen-bond donors (Lipinski definition) is 1. The molecule has 5 nitrogen and oxygen atoms in total. The number of anilines is 1. The quantitative estimate of drug-likeness (QED) is 0.633. The van der Waals surface area contributed by atoms with Crippen molar-refractivity contribution in [3.8, 4) is 5.75 Å². The zero-order chi connectivity index (χ0) is 18.0. The second kappa shape index (κ2) is 7.59. The molecule has 1 heterocycles. The Bertz CT molecular complexity index is 999. The summed E-state index contributed by atoms with van der Waals surface area (Å²) in [7, 11) is 0. The number of benzene rings is 2. The molecule has 0 saturated carbocycles. The molecule has 1 aromatic heterocycles. The summed E-state index contributed by atoms with van der Waals surface area (Å²) in [6.07, 6.45) is 0. The van der Waals surface area contributed by atoms with Gasteiger partial charge in [0.25, 0.3) is 5.91 Å². The number of nitrogens with zero attached hydrogens (tertiary/aromatic N) is 1. The van der Waals surface area contributed by atoms with Crippen LogP contribution in [0.4, 0.5) is 5.69 Å². The number of amides is 1. The molecule has 0 aliphatic rings. The van der Waals surface area contributed by atoms with Gasteiger partial charge in [0.15, 0.2) is 6.61 Å². The predicted octanol–water partition coefficient (Wildman–Crippen LogP) is 4.52. The van der Waals surface area contributed by atoms with Gasteiger partial charge in [0.1, 0.15) is 5.75 Å². The standard InChI is InChI=1S/C17H14BrClN2O3S/c1-2-21-13-5-4-11(8-15(13)25-17(21)23)20-16(22)9-24-14-6-3-10(19)7-12(14)18/h3-8H,2,9H2,1H3,(H,20,22). The van der Waals surface area contributed by atoms with Crippen molar-refractivity contribution >= 4 is 60.7 Å². The predicted molar refractivity (Wildman–Crippen MR) is 105 cm³/mol. The molecule has 3 aromatic rings. The van der Waals surface area contributed by atoms with E-state index in [1.807, 2.05) is 13.0 Å². The van der Waals surface area contributed by atoms with E-state index >= 15 is 0 Å². The third-order valence-corrected chi connectivity index (χ3v) is 5.32. The summed E-state index contributed by atoms with van der Waals surface area (Å²) in [5.41, 5.74) is 1.50. The fraction of sp³-hybridized carbons (Fsp3) is 0.176. The average Bonchev–Trinajstić information content (AvgIpc) is 2.88. The molecular formula is C17H14BrClN2O3S. The molecule has 0 bridgehead atoms. The van der Waals surface area contributed by atoms with E-state index in [4.69, 9.17) is 16.3 Å². The summed E-state index contributed by atoms with van der Waals surface area (Å²) < 4.78 is 8.71. The number of carbonyl (C=O) groups is 1. The van der Waals surface area contributed by atoms with Gasteiger partial charge in [0, 0.05) is 17.3 Å². The third-order valence-electron chi connectivity index (χ3n) is 3.52. The first-order valence-electron chi connectivity index (χ1n) is 7.49. The van der Waals surface area contributed by atoms with Crippen LogP contribution in [-0.4, -0.2) is 17.1 Å². The Balaban J connectivity index is 1.68. The minimum atomic E-state index is -0.288. The zero-order valence-corrected chi connectivity index (χ0v) is 16.4. The Morgan fingerprint density at radius 1 is 1.32 bits per heavy atom. The van der Waals surface area contributed by atoms with E-state index in [9.17, 15) is 9.59 Å². The molecule has 1 N–H and O–H groups in total. The molecule has 8 heteroatoms. The zero-order valence-electron chi connectivity index (χ0n) is 13.2. The smallest absolute Gasteiger partial charge is 0.308 e. The average molecular weight is 442 g/mol. The molecule has 0 fully saturated rings. The number of rotatable bonds is 5. The minimum Gasteiger partial charge on any atom is -0.483 e. The summed E-state index contributed by atoms with van der Waals surface area (Å²) in [5.74, 6) is 0.247. The Hall–Kier alpha value is -1.83. The monoisotopic (exact) mass is 440 g/mol. The first-order valence-corrected chi connectivity index (χ1v) is 9.47. The maximum absolute atomic E-state index is 12.1. The lowest BCUT2D eigenvalue weighted by Crippen LogP contribution is -2.20. The Morgan fingerprint density at radius 3 is 2.84 bits per heavy atom. The molecule has 0 radical (unpaired) electrons. The van der Waals surface area contributed by atoms with Gasteiger partial charge in [-0.05, 0) is 59.3 Å². The summed E-state index contributed by atoms with van der Waals surface area (Å²) >= 11 is 10.4. The number of aryl methyl sites for hydroxylation is 1. The highest BCUT2D eigenvalue weighted by Gasteiger charge is 2.10. The maximum atomic E-state index is 12.1. The van der Waals surface area contributed by atoms with Crippen LogP contribution in [0.2, 0.25) is 5.02 Å². The van der Waals surface area contributed by atoms with Crippen LogP contribution in [0.1, 0.15) is 6.92 Å². The maximum Gasteiger partial charge on any atom is 0.308 e. The number of carbonyl (C=O) groups excluding carboxylic acids is 1. The van der Waals surface area contributed by atoms with E-state index in [0.717, 1.165) is 21.6 Å². The van der Waals surface area contributed by atoms with E-state index in [1.165, 1.54) is 0 Å². The molecule has 0 aliphatic heterocycles. The number of aromatic nitrogens is 1. The molecular weight excluding hydrogens is 428 g/mol. The largest absolute Gasteiger partial charge is 0.483 e. The van der Waals surface area contributed by atoms with Crippen molar-refractivity contribution < 1.29 is 9.53 Å². The lowest BCUT2D eigenvalue weighted by atomic mass is 10.3. The molecule has 0 unspecified atom stereocenters. The lowest BCUT2D eigenvalue weighted by molar-refractivity contribution is -0.118. The number of fused-ring (bicyclic) bond motifs is 1. The summed E-state index contributed by atoms with van der Waals surface area (Å²) in [4.78, 5) is 24.0. The first kappa shape index (κ1) is 18.0. The van der Waals surface area contributed by atoms with Crippen LogP contribution >= 0.6 is 38.9 Å². The van der Waals surface area contributed by atoms with Crippen molar-refractivity contribution in [1.82, 2.24) is 4.57 Å². The van der Waals surface area contributed by atoms with Crippen LogP contribution in [0, 0.1) is 0 Å². The van der Waals surface area contributed by atoms with Gasteiger partial charge in [-0.1, -0.05) is 22.9 Å². The molecule has 25 heavy (non-hydrogen) atoms. The van der Waals surface area contributed by atoms with Gasteiger partial charge in [-0.3, -0.25) is 14.2 Å². The summed E-state index contributed by atoms with van der Waals surface area (Å²) in [5, 5.41) is 3.35. The molecule has 130 valence electrons. The van der Waals surface area contributed by atoms with Gasteiger partial charge in [-0.25, -0.2) is 0 Å². The SMILES string of the molecule is CCn1c(=O)sc2cc(NC(=O)COc3ccc(Cl)cc3Br)ccc21. The van der Waals surface area contributed by atoms with Crippen molar-refractivity contribution in [2.45, 2.75) is 13.5 Å². The minimum absolute atomic E-state index is 0.00287. The fourth-order valence-electron chi connectivity index (χ4n) is 2.38. The van der Waals surface area contributed by atoms with E-state index in [-0.39, 0.29) is 17.4 Å². The van der Waals surface area contributed by atoms with E-state index in [1.54, 1.807) is 34.9 Å². The number of thiazole rings is 1. The second-order valence-electron chi connectivity index (χ2n) is 5.21. The highest BCUT2D eigenvalue weighted by atomic mass is 79.9.